The van der Waals surface area contributed by atoms with Gasteiger partial charge in [0.25, 0.3) is 0 Å². The number of fused-ring (bicyclic) bond motifs is 1. The monoisotopic (exact) mass is 244 g/mol. The van der Waals surface area contributed by atoms with Crippen LogP contribution in [-0.2, 0) is 6.54 Å². The smallest absolute Gasteiger partial charge is 0.195 e. The van der Waals surface area contributed by atoms with Gasteiger partial charge in [-0.3, -0.25) is 5.10 Å². The van der Waals surface area contributed by atoms with Crippen LogP contribution < -0.4 is 0 Å². The summed E-state index contributed by atoms with van der Waals surface area (Å²) in [4.78, 5) is 3.25. The molecular weight excluding hydrogens is 232 g/mol. The molecule has 5 heteroatoms. The van der Waals surface area contributed by atoms with Crippen molar-refractivity contribution in [2.75, 3.05) is 0 Å². The van der Waals surface area contributed by atoms with Crippen LogP contribution in [0.3, 0.4) is 0 Å². The van der Waals surface area contributed by atoms with Crippen LogP contribution in [0.25, 0.3) is 22.3 Å². The molecule has 3 aromatic rings. The zero-order valence-corrected chi connectivity index (χ0v) is 10.2. The second-order valence-corrected chi connectivity index (χ2v) is 4.23. The van der Waals surface area contributed by atoms with Gasteiger partial charge in [0, 0.05) is 29.2 Å². The third kappa shape index (κ3) is 1.51. The van der Waals surface area contributed by atoms with E-state index in [9.17, 15) is 0 Å². The van der Waals surface area contributed by atoms with E-state index in [0.29, 0.717) is 4.77 Å². The summed E-state index contributed by atoms with van der Waals surface area (Å²) in [6, 6.07) is 8.17. The summed E-state index contributed by atoms with van der Waals surface area (Å²) >= 11 is 5.20. The van der Waals surface area contributed by atoms with Crippen molar-refractivity contribution in [3.63, 3.8) is 0 Å². The summed E-state index contributed by atoms with van der Waals surface area (Å²) in [5, 5.41) is 8.31. The first-order valence-corrected chi connectivity index (χ1v) is 5.93. The molecule has 4 nitrogen and oxygen atoms in total. The van der Waals surface area contributed by atoms with E-state index in [-0.39, 0.29) is 0 Å². The van der Waals surface area contributed by atoms with Gasteiger partial charge in [0.1, 0.15) is 0 Å². The zero-order valence-electron chi connectivity index (χ0n) is 9.40. The van der Waals surface area contributed by atoms with Crippen molar-refractivity contribution in [1.82, 2.24) is 19.7 Å². The van der Waals surface area contributed by atoms with Gasteiger partial charge < -0.3 is 9.55 Å². The fourth-order valence-corrected chi connectivity index (χ4v) is 2.33. The molecule has 0 saturated carbocycles. The lowest BCUT2D eigenvalue weighted by atomic mass is 10.1. The third-order valence-electron chi connectivity index (χ3n) is 2.90. The molecule has 1 aromatic carbocycles. The van der Waals surface area contributed by atoms with E-state index in [4.69, 9.17) is 12.2 Å². The molecule has 17 heavy (non-hydrogen) atoms. The number of para-hydroxylation sites is 1. The second kappa shape index (κ2) is 3.85. The predicted octanol–water partition coefficient (Wildman–Crippen LogP) is 3.11. The SMILES string of the molecule is CCn1c(-c2c[nH]c3ccccc23)n[nH]c1=S. The lowest BCUT2D eigenvalue weighted by Gasteiger charge is -2.01. The van der Waals surface area contributed by atoms with Gasteiger partial charge in [0.15, 0.2) is 10.6 Å². The Bertz CT molecular complexity index is 719. The van der Waals surface area contributed by atoms with E-state index in [0.717, 1.165) is 28.8 Å². The molecule has 0 aliphatic rings. The van der Waals surface area contributed by atoms with Crippen molar-refractivity contribution < 1.29 is 0 Å². The first-order valence-electron chi connectivity index (χ1n) is 5.53. The van der Waals surface area contributed by atoms with E-state index in [1.54, 1.807) is 0 Å². The quantitative estimate of drug-likeness (QED) is 0.680. The average molecular weight is 244 g/mol. The topological polar surface area (TPSA) is 49.4 Å². The molecule has 86 valence electrons. The molecule has 2 aromatic heterocycles. The van der Waals surface area contributed by atoms with Gasteiger partial charge in [0.2, 0.25) is 0 Å². The molecule has 0 atom stereocenters. The highest BCUT2D eigenvalue weighted by Gasteiger charge is 2.11. The molecule has 0 radical (unpaired) electrons. The van der Waals surface area contributed by atoms with Crippen LogP contribution in [-0.4, -0.2) is 19.7 Å². The van der Waals surface area contributed by atoms with Gasteiger partial charge in [0.05, 0.1) is 0 Å². The van der Waals surface area contributed by atoms with Crippen LogP contribution in [0.5, 0.6) is 0 Å². The fourth-order valence-electron chi connectivity index (χ4n) is 2.07. The summed E-state index contributed by atoms with van der Waals surface area (Å²) in [5.41, 5.74) is 2.19. The van der Waals surface area contributed by atoms with E-state index in [2.05, 4.69) is 34.2 Å². The van der Waals surface area contributed by atoms with Gasteiger partial charge in [-0.25, -0.2) is 0 Å². The molecule has 0 saturated heterocycles. The van der Waals surface area contributed by atoms with Crippen molar-refractivity contribution in [2.45, 2.75) is 13.5 Å². The Labute approximate surface area is 103 Å². The van der Waals surface area contributed by atoms with Crippen molar-refractivity contribution >= 4 is 23.1 Å². The number of nitrogens with one attached hydrogen (secondary N) is 2. The van der Waals surface area contributed by atoms with Gasteiger partial charge in [-0.05, 0) is 25.2 Å². The molecule has 0 fully saturated rings. The molecular formula is C12H12N4S. The molecule has 2 N–H and O–H groups in total. The van der Waals surface area contributed by atoms with Crippen LogP contribution in [0.15, 0.2) is 30.5 Å². The normalized spacial score (nSPS) is 11.1. The summed E-state index contributed by atoms with van der Waals surface area (Å²) in [6.45, 7) is 2.87. The number of aromatic amines is 2. The number of benzene rings is 1. The molecule has 0 bridgehead atoms. The Kier molecular flexibility index (Phi) is 2.33. The van der Waals surface area contributed by atoms with Gasteiger partial charge in [-0.1, -0.05) is 18.2 Å². The van der Waals surface area contributed by atoms with Crippen molar-refractivity contribution in [1.29, 1.82) is 0 Å². The van der Waals surface area contributed by atoms with Crippen LogP contribution in [0, 0.1) is 4.77 Å². The second-order valence-electron chi connectivity index (χ2n) is 3.84. The minimum atomic E-state index is 0.660. The number of aromatic nitrogens is 4. The summed E-state index contributed by atoms with van der Waals surface area (Å²) in [7, 11) is 0. The first-order chi connectivity index (χ1) is 8.31. The predicted molar refractivity (Wildman–Crippen MR) is 70.4 cm³/mol. The first kappa shape index (κ1) is 10.3. The highest BCUT2D eigenvalue weighted by atomic mass is 32.1. The molecule has 0 aliphatic heterocycles. The maximum atomic E-state index is 5.20. The standard InChI is InChI=1S/C12H12N4S/c1-2-16-11(14-15-12(16)17)9-7-13-10-6-4-3-5-8(9)10/h3-7,13H,2H2,1H3,(H,15,17). The average Bonchev–Trinajstić information content (AvgIpc) is 2.92. The van der Waals surface area contributed by atoms with Crippen molar-refractivity contribution in [3.8, 4) is 11.4 Å². The Morgan fingerprint density at radius 3 is 3.00 bits per heavy atom. The van der Waals surface area contributed by atoms with E-state index in [1.165, 1.54) is 0 Å². The lowest BCUT2D eigenvalue weighted by Crippen LogP contribution is -1.96. The fraction of sp³-hybridized carbons (Fsp3) is 0.167. The molecule has 0 spiro atoms. The van der Waals surface area contributed by atoms with Crippen LogP contribution >= 0.6 is 12.2 Å². The number of nitrogens with zero attached hydrogens (tertiary/aromatic N) is 2. The van der Waals surface area contributed by atoms with E-state index in [1.807, 2.05) is 22.9 Å². The molecule has 0 amide bonds. The summed E-state index contributed by atoms with van der Waals surface area (Å²) in [5.74, 6) is 0.884. The highest BCUT2D eigenvalue weighted by molar-refractivity contribution is 7.71. The Balaban J connectivity index is 2.31. The molecule has 2 heterocycles. The largest absolute Gasteiger partial charge is 0.360 e. The van der Waals surface area contributed by atoms with Gasteiger partial charge in [-0.15, -0.1) is 0 Å². The van der Waals surface area contributed by atoms with E-state index < -0.39 is 0 Å². The molecule has 0 aliphatic carbocycles. The molecule has 3 rings (SSSR count). The Hall–Kier alpha value is -1.88. The van der Waals surface area contributed by atoms with Gasteiger partial charge in [-0.2, -0.15) is 5.10 Å². The minimum absolute atomic E-state index is 0.660. The number of hydrogen-bond donors (Lipinski definition) is 2. The Morgan fingerprint density at radius 1 is 1.35 bits per heavy atom. The van der Waals surface area contributed by atoms with Gasteiger partial charge >= 0.3 is 0 Å². The van der Waals surface area contributed by atoms with Crippen LogP contribution in [0.1, 0.15) is 6.92 Å². The van der Waals surface area contributed by atoms with Crippen molar-refractivity contribution in [2.24, 2.45) is 0 Å². The van der Waals surface area contributed by atoms with Crippen molar-refractivity contribution in [3.05, 3.63) is 35.2 Å². The maximum absolute atomic E-state index is 5.20. The van der Waals surface area contributed by atoms with E-state index >= 15 is 0 Å². The lowest BCUT2D eigenvalue weighted by molar-refractivity contribution is 0.756. The summed E-state index contributed by atoms with van der Waals surface area (Å²) in [6.07, 6.45) is 1.97. The Morgan fingerprint density at radius 2 is 2.18 bits per heavy atom. The zero-order chi connectivity index (χ0) is 11.8. The number of hydrogen-bond acceptors (Lipinski definition) is 2. The minimum Gasteiger partial charge on any atom is -0.360 e. The number of rotatable bonds is 2. The third-order valence-corrected chi connectivity index (χ3v) is 3.22. The number of H-pyrrole nitrogens is 2. The van der Waals surface area contributed by atoms with Crippen LogP contribution in [0.4, 0.5) is 0 Å². The molecule has 0 unspecified atom stereocenters. The maximum Gasteiger partial charge on any atom is 0.195 e. The highest BCUT2D eigenvalue weighted by Crippen LogP contribution is 2.26. The van der Waals surface area contributed by atoms with Crippen LogP contribution in [0.2, 0.25) is 0 Å². The summed E-state index contributed by atoms with van der Waals surface area (Å²) < 4.78 is 2.65.